The van der Waals surface area contributed by atoms with Gasteiger partial charge in [-0.05, 0) is 93.4 Å². The van der Waals surface area contributed by atoms with Gasteiger partial charge in [0.2, 0.25) is 5.60 Å². The van der Waals surface area contributed by atoms with E-state index >= 15 is 4.79 Å². The summed E-state index contributed by atoms with van der Waals surface area (Å²) in [6.45, 7) is 10.7. The molecule has 63 heavy (non-hydrogen) atoms. The normalized spacial score (nSPS) is 32.8. The van der Waals surface area contributed by atoms with Gasteiger partial charge in [0, 0.05) is 104 Å². The van der Waals surface area contributed by atoms with Gasteiger partial charge >= 0.3 is 17.9 Å². The monoisotopic (exact) mass is 869 g/mol. The number of hydrogen-bond acceptors (Lipinski definition) is 13. The highest BCUT2D eigenvalue weighted by Gasteiger charge is 2.80. The first-order chi connectivity index (χ1) is 30.0. The number of H-pyrrole nitrogens is 1. The number of rotatable bonds is 9. The molecule has 14 nitrogen and oxygen atoms in total. The Morgan fingerprint density at radius 2 is 1.67 bits per heavy atom. The van der Waals surface area contributed by atoms with Gasteiger partial charge in [0.15, 0.2) is 6.10 Å². The number of nitrogens with one attached hydrogen (secondary N) is 1. The average molecular weight is 870 g/mol. The molecule has 1 aliphatic carbocycles. The maximum Gasteiger partial charge on any atom is 0.344 e. The Labute approximate surface area is 371 Å². The molecule has 3 N–H and O–H groups in total. The molecule has 14 heteroatoms. The van der Waals surface area contributed by atoms with Crippen LogP contribution in [0.1, 0.15) is 88.6 Å². The van der Waals surface area contributed by atoms with Crippen LogP contribution in [0.4, 0.5) is 11.4 Å². The molecular formula is C49H67N5O9. The Morgan fingerprint density at radius 1 is 0.921 bits per heavy atom. The number of β-amino-alcohol motifs (C(OH)–C–C–N with tert-alkyl or cyclic N) is 1. The van der Waals surface area contributed by atoms with Crippen molar-refractivity contribution in [2.24, 2.45) is 5.41 Å². The molecule has 1 saturated carbocycles. The average Bonchev–Trinajstić information content (AvgIpc) is 3.93. The van der Waals surface area contributed by atoms with E-state index in [0.29, 0.717) is 76.0 Å². The molecule has 8 rings (SSSR count). The summed E-state index contributed by atoms with van der Waals surface area (Å²) < 4.78 is 24.0. The number of aromatic amines is 1. The molecule has 4 aliphatic heterocycles. The topological polar surface area (TPSA) is 157 Å². The molecule has 1 spiro atoms. The fraction of sp³-hybridized carbons (Fsp3) is 0.612. The summed E-state index contributed by atoms with van der Waals surface area (Å²) in [6, 6.07) is 9.09. The van der Waals surface area contributed by atoms with Crippen LogP contribution in [-0.4, -0.2) is 147 Å². The zero-order valence-electron chi connectivity index (χ0n) is 38.8. The molecule has 0 radical (unpaired) electrons. The fourth-order valence-corrected chi connectivity index (χ4v) is 13.2. The molecular weight excluding hydrogens is 803 g/mol. The highest BCUT2D eigenvalue weighted by molar-refractivity contribution is 5.96. The third-order valence-electron chi connectivity index (χ3n) is 16.1. The minimum Gasteiger partial charge on any atom is -0.496 e. The number of likely N-dealkylation sites (N-methyl/N-ethyl adjacent to an activating group) is 2. The number of fused-ring (bicyclic) bond motifs is 4. The van der Waals surface area contributed by atoms with Gasteiger partial charge in [-0.15, -0.1) is 0 Å². The Bertz CT molecular complexity index is 2330. The van der Waals surface area contributed by atoms with Crippen LogP contribution in [-0.2, 0) is 45.8 Å². The summed E-state index contributed by atoms with van der Waals surface area (Å²) in [6.07, 6.45) is 6.20. The van der Waals surface area contributed by atoms with E-state index in [2.05, 4.69) is 63.0 Å². The Balaban J connectivity index is 1.46. The van der Waals surface area contributed by atoms with E-state index in [0.717, 1.165) is 45.6 Å². The molecule has 1 saturated heterocycles. The molecule has 0 bridgehead atoms. The number of aliphatic hydroxyl groups is 2. The summed E-state index contributed by atoms with van der Waals surface area (Å²) in [7, 11) is 10.2. The number of benzene rings is 2. The predicted molar refractivity (Wildman–Crippen MR) is 242 cm³/mol. The summed E-state index contributed by atoms with van der Waals surface area (Å²) in [5.74, 6) is -1.51. The molecule has 342 valence electrons. The van der Waals surface area contributed by atoms with Crippen LogP contribution in [0.25, 0.3) is 10.9 Å². The second kappa shape index (κ2) is 16.1. The number of anilines is 2. The Morgan fingerprint density at radius 3 is 2.30 bits per heavy atom. The van der Waals surface area contributed by atoms with Crippen LogP contribution in [0.15, 0.2) is 42.5 Å². The van der Waals surface area contributed by atoms with Gasteiger partial charge in [0.05, 0.1) is 33.0 Å². The molecule has 3 aromatic rings. The summed E-state index contributed by atoms with van der Waals surface area (Å²) in [5.41, 5.74) is -0.876. The van der Waals surface area contributed by atoms with Crippen LogP contribution >= 0.6 is 0 Å². The third-order valence-corrected chi connectivity index (χ3v) is 16.1. The first-order valence-electron chi connectivity index (χ1n) is 22.7. The van der Waals surface area contributed by atoms with Crippen LogP contribution in [0.2, 0.25) is 0 Å². The number of ether oxygens (including phenoxy) is 4. The number of carbonyl (C=O) groups excluding carboxylic acids is 3. The minimum absolute atomic E-state index is 0.285. The summed E-state index contributed by atoms with van der Waals surface area (Å²) in [5, 5.41) is 26.6. The number of carbonyl (C=O) groups is 3. The van der Waals surface area contributed by atoms with Crippen molar-refractivity contribution in [1.29, 1.82) is 0 Å². The van der Waals surface area contributed by atoms with Gasteiger partial charge in [0.1, 0.15) is 11.2 Å². The van der Waals surface area contributed by atoms with E-state index < -0.39 is 57.5 Å². The fourth-order valence-electron chi connectivity index (χ4n) is 13.2. The highest BCUT2D eigenvalue weighted by Crippen LogP contribution is 2.68. The lowest BCUT2D eigenvalue weighted by molar-refractivity contribution is -0.228. The lowest BCUT2D eigenvalue weighted by Crippen LogP contribution is -2.81. The van der Waals surface area contributed by atoms with Gasteiger partial charge in [0.25, 0.3) is 0 Å². The molecule has 1 aromatic heterocycles. The number of esters is 3. The first kappa shape index (κ1) is 45.0. The zero-order chi connectivity index (χ0) is 45.4. The smallest absolute Gasteiger partial charge is 0.344 e. The molecule has 5 heterocycles. The predicted octanol–water partition coefficient (Wildman–Crippen LogP) is 4.84. The van der Waals surface area contributed by atoms with E-state index in [1.54, 1.807) is 7.11 Å². The van der Waals surface area contributed by atoms with Gasteiger partial charge < -0.3 is 48.8 Å². The van der Waals surface area contributed by atoms with Crippen molar-refractivity contribution in [3.63, 3.8) is 0 Å². The SMILES string of the molecule is CCN1CCc2c([nH]c3ccc(N(C)C)cc23)[C@@](C(=O)OC)(c2cc3c(cc2OC)N(C)[C@H]2[C@@](O)(C(=O)OC)[C@H](OC(C)=O)[C@]4(CC)C=CCN5CC[C@]32[C@@H]54)CCC[C@@](O)(CC)C1. The van der Waals surface area contributed by atoms with E-state index in [1.807, 2.05) is 46.0 Å². The zero-order valence-corrected chi connectivity index (χ0v) is 38.8. The molecule has 8 atom stereocenters. The van der Waals surface area contributed by atoms with Crippen LogP contribution < -0.4 is 14.5 Å². The molecule has 0 unspecified atom stereocenters. The van der Waals surface area contributed by atoms with Crippen LogP contribution in [0.3, 0.4) is 0 Å². The van der Waals surface area contributed by atoms with Crippen LogP contribution in [0.5, 0.6) is 5.75 Å². The molecule has 2 fully saturated rings. The standard InChI is InChI=1S/C49H67N5O9/c1-11-45(58)19-14-21-47(43(56)61-9,39-32(18-24-53(13-3)29-45)33-26-31(51(5)6)16-17-36(33)50-39)35-27-34-37(28-38(35)60-8)52(7)41-48(34)22-25-54-23-15-20-46(12-2,40(48)54)42(63-30(4)55)49(41,59)44(57)62-10/h15-17,20,26-28,40-42,50,58-59H,11-14,18-19,21-25,29H2,1-10H3/t40-,41+,42+,45-,46+,47-,48+,49-/m0/s1. The maximum absolute atomic E-state index is 15.4. The van der Waals surface area contributed by atoms with Crippen LogP contribution in [0, 0.1) is 5.41 Å². The number of hydrogen-bond donors (Lipinski definition) is 3. The minimum atomic E-state index is -2.31. The number of aromatic nitrogens is 1. The number of methoxy groups -OCH3 is 3. The third kappa shape index (κ3) is 6.28. The van der Waals surface area contributed by atoms with Crippen molar-refractivity contribution in [2.75, 3.05) is 85.0 Å². The Hall–Kier alpha value is -4.63. The molecule has 0 amide bonds. The largest absolute Gasteiger partial charge is 0.496 e. The van der Waals surface area contributed by atoms with Crippen molar-refractivity contribution in [3.8, 4) is 5.75 Å². The maximum atomic E-state index is 15.4. The van der Waals surface area contributed by atoms with Gasteiger partial charge in [-0.2, -0.15) is 0 Å². The van der Waals surface area contributed by atoms with E-state index in [4.69, 9.17) is 18.9 Å². The number of nitrogens with zero attached hydrogens (tertiary/aromatic N) is 4. The second-order valence-electron chi connectivity index (χ2n) is 19.0. The van der Waals surface area contributed by atoms with Crippen molar-refractivity contribution < 1.29 is 43.5 Å². The van der Waals surface area contributed by atoms with Crippen molar-refractivity contribution in [3.05, 3.63) is 64.9 Å². The lowest BCUT2D eigenvalue weighted by atomic mass is 9.47. The van der Waals surface area contributed by atoms with Gasteiger partial charge in [-0.25, -0.2) is 4.79 Å². The van der Waals surface area contributed by atoms with E-state index in [1.165, 1.54) is 21.1 Å². The van der Waals surface area contributed by atoms with Gasteiger partial charge in [-0.3, -0.25) is 14.5 Å². The highest BCUT2D eigenvalue weighted by atomic mass is 16.6. The van der Waals surface area contributed by atoms with Gasteiger partial charge in [-0.1, -0.05) is 32.9 Å². The molecule has 5 aliphatic rings. The summed E-state index contributed by atoms with van der Waals surface area (Å²) in [4.78, 5) is 55.4. The van der Waals surface area contributed by atoms with E-state index in [-0.39, 0.29) is 12.5 Å². The first-order valence-corrected chi connectivity index (χ1v) is 22.7. The van der Waals surface area contributed by atoms with E-state index in [9.17, 15) is 19.8 Å². The Kier molecular flexibility index (Phi) is 11.5. The molecule has 2 aromatic carbocycles. The lowest BCUT2D eigenvalue weighted by Gasteiger charge is -2.63. The second-order valence-corrected chi connectivity index (χ2v) is 19.0. The quantitative estimate of drug-likeness (QED) is 0.153. The van der Waals surface area contributed by atoms with Crippen molar-refractivity contribution in [1.82, 2.24) is 14.8 Å². The summed E-state index contributed by atoms with van der Waals surface area (Å²) >= 11 is 0. The van der Waals surface area contributed by atoms with Crippen molar-refractivity contribution in [2.45, 2.75) is 113 Å². The van der Waals surface area contributed by atoms with Crippen molar-refractivity contribution >= 4 is 40.2 Å².